The molecule has 0 bridgehead atoms. The Bertz CT molecular complexity index is 274. The van der Waals surface area contributed by atoms with E-state index in [4.69, 9.17) is 9.84 Å². The molecule has 0 radical (unpaired) electrons. The molecule has 0 rings (SSSR count). The van der Waals surface area contributed by atoms with Crippen LogP contribution in [0.3, 0.4) is 0 Å². The largest absolute Gasteiger partial charge is 0.481 e. The van der Waals surface area contributed by atoms with Crippen molar-refractivity contribution in [3.63, 3.8) is 0 Å². The number of carboxylic acid groups (broad SMARTS) is 1. The summed E-state index contributed by atoms with van der Waals surface area (Å²) in [6.45, 7) is 4.45. The van der Waals surface area contributed by atoms with Gasteiger partial charge in [-0.25, -0.2) is 0 Å². The first-order valence-electron chi connectivity index (χ1n) is 5.52. The summed E-state index contributed by atoms with van der Waals surface area (Å²) in [5.41, 5.74) is 0. The number of hydrogen-bond donors (Lipinski definition) is 2. The quantitative estimate of drug-likeness (QED) is 0.644. The highest BCUT2D eigenvalue weighted by molar-refractivity contribution is 5.75. The molecule has 0 aromatic rings. The van der Waals surface area contributed by atoms with Crippen molar-refractivity contribution in [1.29, 1.82) is 0 Å². The van der Waals surface area contributed by atoms with Gasteiger partial charge in [-0.2, -0.15) is 0 Å². The van der Waals surface area contributed by atoms with Crippen LogP contribution in [0, 0.1) is 0 Å². The van der Waals surface area contributed by atoms with Crippen LogP contribution in [-0.2, 0) is 19.1 Å². The first-order valence-corrected chi connectivity index (χ1v) is 5.52. The average Bonchev–Trinajstić information content (AvgIpc) is 2.13. The Morgan fingerprint density at radius 3 is 2.24 bits per heavy atom. The molecule has 6 nitrogen and oxygen atoms in total. The first-order chi connectivity index (χ1) is 7.86. The van der Waals surface area contributed by atoms with Gasteiger partial charge in [0.2, 0.25) is 5.91 Å². The maximum absolute atomic E-state index is 11.0. The van der Waals surface area contributed by atoms with Gasteiger partial charge in [0.15, 0.2) is 0 Å². The summed E-state index contributed by atoms with van der Waals surface area (Å²) in [6, 6.07) is -0.686. The van der Waals surface area contributed by atoms with Gasteiger partial charge >= 0.3 is 11.9 Å². The summed E-state index contributed by atoms with van der Waals surface area (Å²) in [5.74, 6) is -1.87. The predicted molar refractivity (Wildman–Crippen MR) is 60.3 cm³/mol. The minimum Gasteiger partial charge on any atom is -0.481 e. The second kappa shape index (κ2) is 7.65. The summed E-state index contributed by atoms with van der Waals surface area (Å²) in [4.78, 5) is 32.6. The molecule has 0 saturated heterocycles. The molecule has 0 aliphatic rings. The molecule has 0 aliphatic carbocycles. The number of carboxylic acids is 1. The molecule has 0 aromatic heterocycles. The molecule has 0 saturated carbocycles. The Labute approximate surface area is 100 Å². The van der Waals surface area contributed by atoms with E-state index in [-0.39, 0.29) is 12.3 Å². The number of rotatable bonds is 7. The molecule has 0 fully saturated rings. The van der Waals surface area contributed by atoms with E-state index in [1.165, 1.54) is 13.8 Å². The number of carbonyl (C=O) groups excluding carboxylic acids is 2. The second-order valence-corrected chi connectivity index (χ2v) is 3.84. The smallest absolute Gasteiger partial charge is 0.305 e. The molecule has 2 atom stereocenters. The van der Waals surface area contributed by atoms with Gasteiger partial charge in [0, 0.05) is 13.8 Å². The summed E-state index contributed by atoms with van der Waals surface area (Å²) in [6.07, 6.45) is 0.376. The number of carbonyl (C=O) groups is 3. The molecule has 1 amide bonds. The van der Waals surface area contributed by atoms with Gasteiger partial charge in [0.05, 0.1) is 12.5 Å². The maximum atomic E-state index is 11.0. The van der Waals surface area contributed by atoms with E-state index in [1.807, 2.05) is 6.92 Å². The number of esters is 1. The fraction of sp³-hybridized carbons (Fsp3) is 0.727. The minimum atomic E-state index is -1.04. The topological polar surface area (TPSA) is 92.7 Å². The van der Waals surface area contributed by atoms with Crippen LogP contribution in [0.15, 0.2) is 0 Å². The van der Waals surface area contributed by atoms with Gasteiger partial charge < -0.3 is 15.2 Å². The van der Waals surface area contributed by atoms with Crippen LogP contribution in [0.4, 0.5) is 0 Å². The van der Waals surface area contributed by atoms with Crippen LogP contribution in [0.1, 0.15) is 40.0 Å². The van der Waals surface area contributed by atoms with E-state index in [1.54, 1.807) is 0 Å². The fourth-order valence-electron chi connectivity index (χ4n) is 1.56. The van der Waals surface area contributed by atoms with E-state index in [9.17, 15) is 14.4 Å². The number of nitrogens with one attached hydrogen (secondary N) is 1. The molecule has 17 heavy (non-hydrogen) atoms. The molecule has 0 spiro atoms. The SMILES string of the molecule is CCC[C@@H](OC(C)=O)[C@H](CC(=O)O)NC(C)=O. The molecule has 98 valence electrons. The Hall–Kier alpha value is -1.59. The lowest BCUT2D eigenvalue weighted by Gasteiger charge is -2.25. The van der Waals surface area contributed by atoms with Crippen molar-refractivity contribution in [2.45, 2.75) is 52.2 Å². The number of aliphatic carboxylic acids is 1. The van der Waals surface area contributed by atoms with Crippen LogP contribution < -0.4 is 5.32 Å². The number of hydrogen-bond acceptors (Lipinski definition) is 4. The summed E-state index contributed by atoms with van der Waals surface area (Å²) >= 11 is 0. The summed E-state index contributed by atoms with van der Waals surface area (Å²) in [5, 5.41) is 11.3. The molecule has 0 aromatic carbocycles. The van der Waals surface area contributed by atoms with E-state index in [0.717, 1.165) is 6.42 Å². The lowest BCUT2D eigenvalue weighted by atomic mass is 10.0. The van der Waals surface area contributed by atoms with Crippen LogP contribution in [-0.4, -0.2) is 35.1 Å². The summed E-state index contributed by atoms with van der Waals surface area (Å²) in [7, 11) is 0. The first kappa shape index (κ1) is 15.4. The molecule has 6 heteroatoms. The van der Waals surface area contributed by atoms with Crippen LogP contribution in [0.25, 0.3) is 0 Å². The molecule has 0 unspecified atom stereocenters. The number of amides is 1. The zero-order valence-electron chi connectivity index (χ0n) is 10.4. The van der Waals surface area contributed by atoms with Crippen molar-refractivity contribution in [1.82, 2.24) is 5.32 Å². The molecular formula is C11H19NO5. The second-order valence-electron chi connectivity index (χ2n) is 3.84. The van der Waals surface area contributed by atoms with Crippen molar-refractivity contribution in [2.75, 3.05) is 0 Å². The van der Waals surface area contributed by atoms with Crippen molar-refractivity contribution in [3.05, 3.63) is 0 Å². The lowest BCUT2D eigenvalue weighted by Crippen LogP contribution is -2.45. The van der Waals surface area contributed by atoms with Gasteiger partial charge in [-0.05, 0) is 6.42 Å². The van der Waals surface area contributed by atoms with E-state index >= 15 is 0 Å². The average molecular weight is 245 g/mol. The highest BCUT2D eigenvalue weighted by Crippen LogP contribution is 2.11. The summed E-state index contributed by atoms with van der Waals surface area (Å²) < 4.78 is 5.04. The van der Waals surface area contributed by atoms with Crippen molar-refractivity contribution >= 4 is 17.8 Å². The number of ether oxygens (including phenoxy) is 1. The van der Waals surface area contributed by atoms with Crippen LogP contribution in [0.5, 0.6) is 0 Å². The Morgan fingerprint density at radius 1 is 1.29 bits per heavy atom. The maximum Gasteiger partial charge on any atom is 0.305 e. The van der Waals surface area contributed by atoms with Crippen molar-refractivity contribution < 1.29 is 24.2 Å². The van der Waals surface area contributed by atoms with Crippen LogP contribution in [0.2, 0.25) is 0 Å². The third kappa shape index (κ3) is 7.32. The van der Waals surface area contributed by atoms with E-state index in [0.29, 0.717) is 6.42 Å². The predicted octanol–water partition coefficient (Wildman–Crippen LogP) is 0.698. The normalized spacial score (nSPS) is 13.6. The Morgan fingerprint density at radius 2 is 1.88 bits per heavy atom. The third-order valence-electron chi connectivity index (χ3n) is 2.12. The van der Waals surface area contributed by atoms with Gasteiger partial charge in [-0.3, -0.25) is 14.4 Å². The molecule has 2 N–H and O–H groups in total. The van der Waals surface area contributed by atoms with Gasteiger partial charge in [0.25, 0.3) is 0 Å². The molecule has 0 heterocycles. The van der Waals surface area contributed by atoms with Gasteiger partial charge in [-0.15, -0.1) is 0 Å². The van der Waals surface area contributed by atoms with Crippen molar-refractivity contribution in [2.24, 2.45) is 0 Å². The standard InChI is InChI=1S/C11H19NO5/c1-4-5-10(17-8(3)14)9(6-11(15)16)12-7(2)13/h9-10H,4-6H2,1-3H3,(H,12,13)(H,15,16)/t9-,10+/m0/s1. The van der Waals surface area contributed by atoms with Gasteiger partial charge in [0.1, 0.15) is 6.10 Å². The molecule has 0 aliphatic heterocycles. The van der Waals surface area contributed by atoms with Crippen molar-refractivity contribution in [3.8, 4) is 0 Å². The highest BCUT2D eigenvalue weighted by atomic mass is 16.5. The van der Waals surface area contributed by atoms with Gasteiger partial charge in [-0.1, -0.05) is 13.3 Å². The Kier molecular flexibility index (Phi) is 6.93. The zero-order chi connectivity index (χ0) is 13.4. The zero-order valence-corrected chi connectivity index (χ0v) is 10.4. The van der Waals surface area contributed by atoms with E-state index < -0.39 is 24.1 Å². The highest BCUT2D eigenvalue weighted by Gasteiger charge is 2.26. The third-order valence-corrected chi connectivity index (χ3v) is 2.12. The molecular weight excluding hydrogens is 226 g/mol. The monoisotopic (exact) mass is 245 g/mol. The van der Waals surface area contributed by atoms with Crippen LogP contribution >= 0.6 is 0 Å². The van der Waals surface area contributed by atoms with E-state index in [2.05, 4.69) is 5.32 Å². The fourth-order valence-corrected chi connectivity index (χ4v) is 1.56. The minimum absolute atomic E-state index is 0.266. The Balaban J connectivity index is 4.70. The lowest BCUT2D eigenvalue weighted by molar-refractivity contribution is -0.151.